The molecule has 0 saturated carbocycles. The maximum absolute atomic E-state index is 8.77. The van der Waals surface area contributed by atoms with Crippen LogP contribution in [0.3, 0.4) is 0 Å². The lowest BCUT2D eigenvalue weighted by molar-refractivity contribution is 0.282. The molecule has 3 heteroatoms. The molecule has 0 spiro atoms. The van der Waals surface area contributed by atoms with E-state index in [-0.39, 0.29) is 12.6 Å². The first-order valence-electron chi connectivity index (χ1n) is 3.93. The van der Waals surface area contributed by atoms with Gasteiger partial charge in [-0.2, -0.15) is 0 Å². The average Bonchev–Trinajstić information content (AvgIpc) is 2.17. The van der Waals surface area contributed by atoms with Crippen LogP contribution < -0.4 is 11.5 Å². The highest BCUT2D eigenvalue weighted by molar-refractivity contribution is 5.24. The molecule has 1 aromatic carbocycles. The zero-order chi connectivity index (χ0) is 8.97. The van der Waals surface area contributed by atoms with Crippen molar-refractivity contribution in [1.82, 2.24) is 0 Å². The Kier molecular flexibility index (Phi) is 3.22. The highest BCUT2D eigenvalue weighted by atomic mass is 16.3. The standard InChI is InChI=1S/C9H14N2O/c10-5-9(11)8-3-1-7(6-12)2-4-8/h1-4,9,12H,5-6,10-11H2/t9-/m1/s1. The predicted octanol–water partition coefficient (Wildman–Crippen LogP) is 0.137. The minimum absolute atomic E-state index is 0.0676. The Bertz CT molecular complexity index is 233. The van der Waals surface area contributed by atoms with Crippen LogP contribution in [0.5, 0.6) is 0 Å². The molecule has 0 radical (unpaired) electrons. The Balaban J connectivity index is 2.77. The fourth-order valence-electron chi connectivity index (χ4n) is 1.01. The van der Waals surface area contributed by atoms with Gasteiger partial charge in [-0.15, -0.1) is 0 Å². The SMILES string of the molecule is NC[C@@H](N)c1ccc(CO)cc1. The fraction of sp³-hybridized carbons (Fsp3) is 0.333. The van der Waals surface area contributed by atoms with Crippen LogP contribution in [0.25, 0.3) is 0 Å². The van der Waals surface area contributed by atoms with E-state index >= 15 is 0 Å². The van der Waals surface area contributed by atoms with Crippen molar-refractivity contribution in [2.75, 3.05) is 6.54 Å². The van der Waals surface area contributed by atoms with Crippen molar-refractivity contribution >= 4 is 0 Å². The Morgan fingerprint density at radius 3 is 2.25 bits per heavy atom. The lowest BCUT2D eigenvalue weighted by Gasteiger charge is -2.08. The summed E-state index contributed by atoms with van der Waals surface area (Å²) >= 11 is 0. The van der Waals surface area contributed by atoms with Gasteiger partial charge >= 0.3 is 0 Å². The van der Waals surface area contributed by atoms with E-state index in [1.54, 1.807) is 0 Å². The number of nitrogens with two attached hydrogens (primary N) is 2. The van der Waals surface area contributed by atoms with Crippen LogP contribution in [-0.2, 0) is 6.61 Å². The summed E-state index contributed by atoms with van der Waals surface area (Å²) in [5.74, 6) is 0. The van der Waals surface area contributed by atoms with Crippen molar-refractivity contribution in [3.8, 4) is 0 Å². The van der Waals surface area contributed by atoms with Crippen LogP contribution in [0.2, 0.25) is 0 Å². The van der Waals surface area contributed by atoms with Crippen molar-refractivity contribution in [2.24, 2.45) is 11.5 Å². The molecule has 1 aromatic rings. The van der Waals surface area contributed by atoms with Crippen LogP contribution in [0.1, 0.15) is 17.2 Å². The first kappa shape index (κ1) is 9.19. The second-order valence-electron chi connectivity index (χ2n) is 2.74. The van der Waals surface area contributed by atoms with Crippen molar-refractivity contribution in [1.29, 1.82) is 0 Å². The smallest absolute Gasteiger partial charge is 0.0681 e. The average molecular weight is 166 g/mol. The van der Waals surface area contributed by atoms with E-state index < -0.39 is 0 Å². The van der Waals surface area contributed by atoms with Gasteiger partial charge in [0.15, 0.2) is 0 Å². The Hall–Kier alpha value is -0.900. The van der Waals surface area contributed by atoms with Crippen molar-refractivity contribution in [2.45, 2.75) is 12.6 Å². The first-order chi connectivity index (χ1) is 5.77. The molecule has 0 saturated heterocycles. The van der Waals surface area contributed by atoms with Crippen LogP contribution >= 0.6 is 0 Å². The van der Waals surface area contributed by atoms with Crippen LogP contribution in [0.4, 0.5) is 0 Å². The molecular weight excluding hydrogens is 152 g/mol. The summed E-state index contributed by atoms with van der Waals surface area (Å²) < 4.78 is 0. The normalized spacial score (nSPS) is 12.9. The largest absolute Gasteiger partial charge is 0.392 e. The molecule has 0 aliphatic heterocycles. The highest BCUT2D eigenvalue weighted by Gasteiger charge is 2.01. The third kappa shape index (κ3) is 2.04. The summed E-state index contributed by atoms with van der Waals surface area (Å²) in [4.78, 5) is 0. The summed E-state index contributed by atoms with van der Waals surface area (Å²) in [6, 6.07) is 7.39. The van der Waals surface area contributed by atoms with E-state index in [2.05, 4.69) is 0 Å². The molecule has 12 heavy (non-hydrogen) atoms. The number of hydrogen-bond acceptors (Lipinski definition) is 3. The minimum Gasteiger partial charge on any atom is -0.392 e. The summed E-state index contributed by atoms with van der Waals surface area (Å²) in [5, 5.41) is 8.77. The monoisotopic (exact) mass is 166 g/mol. The summed E-state index contributed by atoms with van der Waals surface area (Å²) in [7, 11) is 0. The number of aliphatic hydroxyl groups excluding tert-OH is 1. The molecule has 5 N–H and O–H groups in total. The molecule has 0 bridgehead atoms. The Morgan fingerprint density at radius 1 is 1.25 bits per heavy atom. The van der Waals surface area contributed by atoms with E-state index in [1.807, 2.05) is 24.3 Å². The summed E-state index contributed by atoms with van der Waals surface area (Å²) in [6.45, 7) is 0.511. The molecule has 1 rings (SSSR count). The van der Waals surface area contributed by atoms with Gasteiger partial charge in [0.05, 0.1) is 6.61 Å². The van der Waals surface area contributed by atoms with E-state index in [9.17, 15) is 0 Å². The third-order valence-electron chi connectivity index (χ3n) is 1.84. The highest BCUT2D eigenvalue weighted by Crippen LogP contribution is 2.10. The minimum atomic E-state index is -0.0993. The molecule has 0 amide bonds. The Morgan fingerprint density at radius 2 is 1.83 bits per heavy atom. The van der Waals surface area contributed by atoms with Crippen LogP contribution in [0.15, 0.2) is 24.3 Å². The molecule has 66 valence electrons. The van der Waals surface area contributed by atoms with Gasteiger partial charge in [0.2, 0.25) is 0 Å². The molecule has 0 fully saturated rings. The molecular formula is C9H14N2O. The van der Waals surface area contributed by atoms with Crippen molar-refractivity contribution in [3.63, 3.8) is 0 Å². The summed E-state index contributed by atoms with van der Waals surface area (Å²) in [6.07, 6.45) is 0. The molecule has 0 aliphatic carbocycles. The van der Waals surface area contributed by atoms with Gasteiger partial charge in [-0.1, -0.05) is 24.3 Å². The van der Waals surface area contributed by atoms with Gasteiger partial charge in [-0.25, -0.2) is 0 Å². The van der Waals surface area contributed by atoms with Gasteiger partial charge in [0.25, 0.3) is 0 Å². The maximum Gasteiger partial charge on any atom is 0.0681 e. The molecule has 0 heterocycles. The number of rotatable bonds is 3. The van der Waals surface area contributed by atoms with E-state index in [4.69, 9.17) is 16.6 Å². The molecule has 0 aliphatic rings. The van der Waals surface area contributed by atoms with Crippen molar-refractivity contribution in [3.05, 3.63) is 35.4 Å². The topological polar surface area (TPSA) is 72.3 Å². The molecule has 3 nitrogen and oxygen atoms in total. The lowest BCUT2D eigenvalue weighted by atomic mass is 10.1. The van der Waals surface area contributed by atoms with Gasteiger partial charge in [-0.3, -0.25) is 0 Å². The molecule has 0 unspecified atom stereocenters. The fourth-order valence-corrected chi connectivity index (χ4v) is 1.01. The number of benzene rings is 1. The van der Waals surface area contributed by atoms with Gasteiger partial charge in [0.1, 0.15) is 0 Å². The third-order valence-corrected chi connectivity index (χ3v) is 1.84. The summed E-state index contributed by atoms with van der Waals surface area (Å²) in [5.41, 5.74) is 13.0. The van der Waals surface area contributed by atoms with E-state index in [0.717, 1.165) is 11.1 Å². The van der Waals surface area contributed by atoms with E-state index in [1.165, 1.54) is 0 Å². The van der Waals surface area contributed by atoms with Gasteiger partial charge in [0, 0.05) is 12.6 Å². The van der Waals surface area contributed by atoms with Gasteiger partial charge in [-0.05, 0) is 11.1 Å². The molecule has 1 atom stereocenters. The van der Waals surface area contributed by atoms with Gasteiger partial charge < -0.3 is 16.6 Å². The van der Waals surface area contributed by atoms with Crippen molar-refractivity contribution < 1.29 is 5.11 Å². The van der Waals surface area contributed by atoms with E-state index in [0.29, 0.717) is 6.54 Å². The quantitative estimate of drug-likeness (QED) is 0.598. The first-order valence-corrected chi connectivity index (χ1v) is 3.93. The van der Waals surface area contributed by atoms with Crippen LogP contribution in [0, 0.1) is 0 Å². The Labute approximate surface area is 72.0 Å². The zero-order valence-corrected chi connectivity index (χ0v) is 6.90. The maximum atomic E-state index is 8.77. The van der Waals surface area contributed by atoms with Crippen LogP contribution in [-0.4, -0.2) is 11.7 Å². The zero-order valence-electron chi connectivity index (χ0n) is 6.90. The second-order valence-corrected chi connectivity index (χ2v) is 2.74. The number of aliphatic hydroxyl groups is 1. The lowest BCUT2D eigenvalue weighted by Crippen LogP contribution is -2.20. The number of hydrogen-bond donors (Lipinski definition) is 3. The predicted molar refractivity (Wildman–Crippen MR) is 48.3 cm³/mol. The second kappa shape index (κ2) is 4.21. The molecule has 0 aromatic heterocycles.